The number of hydrogen-bond acceptors (Lipinski definition) is 5. The third kappa shape index (κ3) is 3.08. The average Bonchev–Trinajstić information content (AvgIpc) is 2.94. The monoisotopic (exact) mass is 284 g/mol. The van der Waals surface area contributed by atoms with E-state index in [0.29, 0.717) is 5.56 Å². The van der Waals surface area contributed by atoms with Gasteiger partial charge in [0.25, 0.3) is 0 Å². The fourth-order valence-electron chi connectivity index (χ4n) is 2.11. The van der Waals surface area contributed by atoms with Crippen LogP contribution < -0.4 is 10.3 Å². The minimum atomic E-state index is -1.31. The quantitative estimate of drug-likeness (QED) is 0.668. The first-order valence-corrected chi connectivity index (χ1v) is 6.64. The molecule has 1 aromatic rings. The van der Waals surface area contributed by atoms with Crippen LogP contribution >= 0.6 is 0 Å². The molecule has 21 heavy (non-hydrogen) atoms. The van der Waals surface area contributed by atoms with Crippen LogP contribution in [0.15, 0.2) is 29.4 Å². The van der Waals surface area contributed by atoms with Gasteiger partial charge in [-0.05, 0) is 31.2 Å². The van der Waals surface area contributed by atoms with E-state index >= 15 is 0 Å². The molecule has 1 aliphatic heterocycles. The van der Waals surface area contributed by atoms with Gasteiger partial charge in [0.05, 0.1) is 11.8 Å². The molecule has 0 bridgehead atoms. The summed E-state index contributed by atoms with van der Waals surface area (Å²) in [6, 6.07) is 8.51. The van der Waals surface area contributed by atoms with E-state index in [1.807, 2.05) is 11.9 Å². The van der Waals surface area contributed by atoms with Crippen LogP contribution in [-0.4, -0.2) is 31.0 Å². The van der Waals surface area contributed by atoms with Gasteiger partial charge in [-0.3, -0.25) is 14.6 Å². The Bertz CT molecular complexity index is 628. The molecular formula is C15H16N4O2. The number of benzene rings is 1. The molecule has 1 aromatic carbocycles. The highest BCUT2D eigenvalue weighted by Crippen LogP contribution is 2.21. The zero-order valence-corrected chi connectivity index (χ0v) is 12.0. The van der Waals surface area contributed by atoms with Crippen LogP contribution in [0.4, 0.5) is 5.69 Å². The number of carbonyl (C=O) groups is 2. The molecule has 6 nitrogen and oxygen atoms in total. The lowest BCUT2D eigenvalue weighted by molar-refractivity contribution is -0.121. The first kappa shape index (κ1) is 14.7. The van der Waals surface area contributed by atoms with Gasteiger partial charge < -0.3 is 5.32 Å². The van der Waals surface area contributed by atoms with Gasteiger partial charge in [0, 0.05) is 31.3 Å². The molecule has 2 rings (SSSR count). The Balaban J connectivity index is 2.17. The number of ketones is 1. The van der Waals surface area contributed by atoms with E-state index in [4.69, 9.17) is 5.26 Å². The van der Waals surface area contributed by atoms with E-state index in [9.17, 15) is 9.59 Å². The van der Waals surface area contributed by atoms with E-state index in [2.05, 4.69) is 10.4 Å². The molecule has 1 atom stereocenters. The lowest BCUT2D eigenvalue weighted by atomic mass is 9.98. The molecule has 0 aromatic heterocycles. The van der Waals surface area contributed by atoms with E-state index in [1.165, 1.54) is 7.05 Å². The number of rotatable bonds is 4. The lowest BCUT2D eigenvalue weighted by Gasteiger charge is -2.14. The van der Waals surface area contributed by atoms with Crippen LogP contribution in [0.25, 0.3) is 0 Å². The summed E-state index contributed by atoms with van der Waals surface area (Å²) in [5, 5.41) is 17.5. The molecule has 0 saturated heterocycles. The maximum absolute atomic E-state index is 12.1. The van der Waals surface area contributed by atoms with Crippen molar-refractivity contribution in [3.05, 3.63) is 29.8 Å². The van der Waals surface area contributed by atoms with Crippen molar-refractivity contribution in [2.45, 2.75) is 13.3 Å². The van der Waals surface area contributed by atoms with Crippen LogP contribution in [0.5, 0.6) is 0 Å². The molecule has 1 aliphatic rings. The molecule has 1 heterocycles. The highest BCUT2D eigenvalue weighted by atomic mass is 16.2. The average molecular weight is 284 g/mol. The van der Waals surface area contributed by atoms with Crippen molar-refractivity contribution < 1.29 is 9.59 Å². The molecule has 0 aliphatic carbocycles. The van der Waals surface area contributed by atoms with Crippen molar-refractivity contribution in [2.24, 2.45) is 11.0 Å². The van der Waals surface area contributed by atoms with Crippen molar-refractivity contribution in [1.82, 2.24) is 5.32 Å². The van der Waals surface area contributed by atoms with Crippen molar-refractivity contribution >= 4 is 23.1 Å². The topological polar surface area (TPSA) is 85.6 Å². The van der Waals surface area contributed by atoms with E-state index in [1.54, 1.807) is 30.3 Å². The Morgan fingerprint density at radius 2 is 2.05 bits per heavy atom. The van der Waals surface area contributed by atoms with Crippen LogP contribution in [0, 0.1) is 17.2 Å². The van der Waals surface area contributed by atoms with Gasteiger partial charge in [-0.1, -0.05) is 0 Å². The number of nitriles is 1. The first-order valence-electron chi connectivity index (χ1n) is 6.64. The first-order chi connectivity index (χ1) is 10.1. The summed E-state index contributed by atoms with van der Waals surface area (Å²) in [6.07, 6.45) is 0.924. The summed E-state index contributed by atoms with van der Waals surface area (Å²) >= 11 is 0. The van der Waals surface area contributed by atoms with Crippen LogP contribution in [0.3, 0.4) is 0 Å². The molecule has 1 amide bonds. The van der Waals surface area contributed by atoms with Gasteiger partial charge in [-0.25, -0.2) is 0 Å². The number of hydrogen-bond donors (Lipinski definition) is 1. The molecule has 1 N–H and O–H groups in total. The van der Waals surface area contributed by atoms with E-state index in [-0.39, 0.29) is 0 Å². The minimum absolute atomic E-state index is 0.341. The smallest absolute Gasteiger partial charge is 0.245 e. The highest BCUT2D eigenvalue weighted by molar-refractivity contribution is 6.12. The van der Waals surface area contributed by atoms with Crippen molar-refractivity contribution in [2.75, 3.05) is 18.6 Å². The summed E-state index contributed by atoms with van der Waals surface area (Å²) < 4.78 is 0. The summed E-state index contributed by atoms with van der Waals surface area (Å²) in [7, 11) is 1.40. The minimum Gasteiger partial charge on any atom is -0.358 e. The van der Waals surface area contributed by atoms with Gasteiger partial charge in [0.15, 0.2) is 11.7 Å². The largest absolute Gasteiger partial charge is 0.358 e. The van der Waals surface area contributed by atoms with Crippen LogP contribution in [-0.2, 0) is 4.79 Å². The molecule has 1 unspecified atom stereocenters. The third-order valence-corrected chi connectivity index (χ3v) is 3.33. The van der Waals surface area contributed by atoms with E-state index < -0.39 is 17.6 Å². The second kappa shape index (κ2) is 6.18. The standard InChI is InChI=1S/C15H16N4O2/c1-10-7-8-19(18-10)12-5-3-11(4-6-12)14(20)13(9-16)15(21)17-2/h3-6,13H,7-8H2,1-2H3,(H,17,21). The molecular weight excluding hydrogens is 268 g/mol. The van der Waals surface area contributed by atoms with Crippen LogP contribution in [0.1, 0.15) is 23.7 Å². The molecule has 0 radical (unpaired) electrons. The van der Waals surface area contributed by atoms with E-state index in [0.717, 1.165) is 24.4 Å². The Hall–Kier alpha value is -2.68. The summed E-state index contributed by atoms with van der Waals surface area (Å²) in [6.45, 7) is 2.79. The Morgan fingerprint density at radius 1 is 1.38 bits per heavy atom. The molecule has 0 saturated carbocycles. The summed E-state index contributed by atoms with van der Waals surface area (Å²) in [5.74, 6) is -2.40. The Kier molecular flexibility index (Phi) is 4.33. The molecule has 108 valence electrons. The summed E-state index contributed by atoms with van der Waals surface area (Å²) in [5.41, 5.74) is 2.30. The number of carbonyl (C=O) groups excluding carboxylic acids is 2. The summed E-state index contributed by atoms with van der Waals surface area (Å²) in [4.78, 5) is 23.6. The Morgan fingerprint density at radius 3 is 2.52 bits per heavy atom. The number of amides is 1. The molecule has 6 heteroatoms. The van der Waals surface area contributed by atoms with Gasteiger partial charge in [0.1, 0.15) is 0 Å². The normalized spacial score (nSPS) is 15.1. The molecule has 0 fully saturated rings. The van der Waals surface area contributed by atoms with Crippen molar-refractivity contribution in [1.29, 1.82) is 5.26 Å². The maximum atomic E-state index is 12.1. The zero-order chi connectivity index (χ0) is 15.4. The van der Waals surface area contributed by atoms with Gasteiger partial charge in [-0.2, -0.15) is 10.4 Å². The van der Waals surface area contributed by atoms with Crippen molar-refractivity contribution in [3.63, 3.8) is 0 Å². The van der Waals surface area contributed by atoms with Crippen molar-refractivity contribution in [3.8, 4) is 6.07 Å². The number of hydrazone groups is 1. The van der Waals surface area contributed by atoms with Gasteiger partial charge in [-0.15, -0.1) is 0 Å². The van der Waals surface area contributed by atoms with Gasteiger partial charge in [0.2, 0.25) is 5.91 Å². The second-order valence-electron chi connectivity index (χ2n) is 4.80. The predicted octanol–water partition coefficient (Wildman–Crippen LogP) is 1.34. The van der Waals surface area contributed by atoms with Gasteiger partial charge >= 0.3 is 0 Å². The third-order valence-electron chi connectivity index (χ3n) is 3.33. The SMILES string of the molecule is CNC(=O)C(C#N)C(=O)c1ccc(N2CCC(C)=N2)cc1. The Labute approximate surface area is 123 Å². The predicted molar refractivity (Wildman–Crippen MR) is 79.0 cm³/mol. The number of Topliss-reactive ketones (excluding diaryl/α,β-unsaturated/α-hetero) is 1. The fraction of sp³-hybridized carbons (Fsp3) is 0.333. The highest BCUT2D eigenvalue weighted by Gasteiger charge is 2.26. The number of nitrogens with zero attached hydrogens (tertiary/aromatic N) is 3. The fourth-order valence-corrected chi connectivity index (χ4v) is 2.11. The maximum Gasteiger partial charge on any atom is 0.245 e. The molecule has 0 spiro atoms. The lowest BCUT2D eigenvalue weighted by Crippen LogP contribution is -2.32. The number of nitrogens with one attached hydrogen (secondary N) is 1. The zero-order valence-electron chi connectivity index (χ0n) is 12.0. The number of anilines is 1. The van der Waals surface area contributed by atoms with Crippen LogP contribution in [0.2, 0.25) is 0 Å². The second-order valence-corrected chi connectivity index (χ2v) is 4.80.